The van der Waals surface area contributed by atoms with Gasteiger partial charge in [0.15, 0.2) is 5.82 Å². The second kappa shape index (κ2) is 7.74. The molecule has 0 unspecified atom stereocenters. The van der Waals surface area contributed by atoms with Crippen LogP contribution in [0.25, 0.3) is 10.9 Å². The molecule has 2 aromatic carbocycles. The summed E-state index contributed by atoms with van der Waals surface area (Å²) in [6.45, 7) is 0.752. The maximum absolute atomic E-state index is 5.16. The van der Waals surface area contributed by atoms with E-state index in [1.807, 2.05) is 30.3 Å². The second-order valence-corrected chi connectivity index (χ2v) is 6.05. The quantitative estimate of drug-likeness (QED) is 0.465. The molecule has 0 amide bonds. The van der Waals surface area contributed by atoms with Gasteiger partial charge in [-0.2, -0.15) is 10.1 Å². The SMILES string of the molecule is COc1ccc(Nc2nncc(NCCc3c[nH]c4ccccc34)n2)cc1. The minimum atomic E-state index is 0.442. The summed E-state index contributed by atoms with van der Waals surface area (Å²) in [4.78, 5) is 7.75. The summed E-state index contributed by atoms with van der Waals surface area (Å²) in [5.74, 6) is 1.92. The first-order chi connectivity index (χ1) is 13.3. The van der Waals surface area contributed by atoms with Crippen molar-refractivity contribution in [2.75, 3.05) is 24.3 Å². The van der Waals surface area contributed by atoms with E-state index >= 15 is 0 Å². The lowest BCUT2D eigenvalue weighted by atomic mass is 10.1. The minimum Gasteiger partial charge on any atom is -0.497 e. The van der Waals surface area contributed by atoms with Crippen LogP contribution in [-0.2, 0) is 6.42 Å². The molecule has 27 heavy (non-hydrogen) atoms. The molecule has 0 aliphatic carbocycles. The first kappa shape index (κ1) is 16.8. The fourth-order valence-electron chi connectivity index (χ4n) is 2.91. The number of para-hydroxylation sites is 1. The number of benzene rings is 2. The smallest absolute Gasteiger partial charge is 0.249 e. The molecular weight excluding hydrogens is 340 g/mol. The number of nitrogens with zero attached hydrogens (tertiary/aromatic N) is 3. The van der Waals surface area contributed by atoms with Crippen molar-refractivity contribution in [2.24, 2.45) is 0 Å². The van der Waals surface area contributed by atoms with Gasteiger partial charge in [-0.3, -0.25) is 0 Å². The van der Waals surface area contributed by atoms with Crippen LogP contribution < -0.4 is 15.4 Å². The van der Waals surface area contributed by atoms with Crippen LogP contribution in [0.4, 0.5) is 17.5 Å². The number of hydrogen-bond donors (Lipinski definition) is 3. The Labute approximate surface area is 156 Å². The van der Waals surface area contributed by atoms with E-state index < -0.39 is 0 Å². The molecule has 0 spiro atoms. The second-order valence-electron chi connectivity index (χ2n) is 6.05. The number of methoxy groups -OCH3 is 1. The Bertz CT molecular complexity index is 1030. The van der Waals surface area contributed by atoms with E-state index in [9.17, 15) is 0 Å². The Morgan fingerprint density at radius 3 is 2.78 bits per heavy atom. The Balaban J connectivity index is 1.37. The van der Waals surface area contributed by atoms with E-state index in [-0.39, 0.29) is 0 Å². The van der Waals surface area contributed by atoms with Crippen LogP contribution in [0.5, 0.6) is 5.75 Å². The van der Waals surface area contributed by atoms with E-state index in [1.54, 1.807) is 13.3 Å². The average Bonchev–Trinajstić information content (AvgIpc) is 3.12. The van der Waals surface area contributed by atoms with Gasteiger partial charge in [-0.1, -0.05) is 18.2 Å². The third kappa shape index (κ3) is 3.98. The summed E-state index contributed by atoms with van der Waals surface area (Å²) < 4.78 is 5.16. The summed E-state index contributed by atoms with van der Waals surface area (Å²) >= 11 is 0. The lowest BCUT2D eigenvalue weighted by Gasteiger charge is -2.08. The van der Waals surface area contributed by atoms with Gasteiger partial charge in [-0.25, -0.2) is 0 Å². The zero-order chi connectivity index (χ0) is 18.5. The number of aromatic amines is 1. The van der Waals surface area contributed by atoms with Gasteiger partial charge in [0.25, 0.3) is 0 Å². The number of ether oxygens (including phenoxy) is 1. The van der Waals surface area contributed by atoms with Gasteiger partial charge in [-0.15, -0.1) is 5.10 Å². The Morgan fingerprint density at radius 2 is 1.93 bits per heavy atom. The van der Waals surface area contributed by atoms with E-state index in [4.69, 9.17) is 4.74 Å². The molecule has 0 atom stereocenters. The lowest BCUT2D eigenvalue weighted by Crippen LogP contribution is -2.08. The predicted octanol–water partition coefficient (Wildman–Crippen LogP) is 3.76. The molecule has 4 rings (SSSR count). The van der Waals surface area contributed by atoms with Gasteiger partial charge >= 0.3 is 0 Å². The largest absolute Gasteiger partial charge is 0.497 e. The summed E-state index contributed by atoms with van der Waals surface area (Å²) in [6, 6.07) is 15.8. The lowest BCUT2D eigenvalue weighted by molar-refractivity contribution is 0.415. The summed E-state index contributed by atoms with van der Waals surface area (Å²) in [7, 11) is 1.64. The normalized spacial score (nSPS) is 10.7. The van der Waals surface area contributed by atoms with Crippen LogP contribution in [0.15, 0.2) is 60.9 Å². The highest BCUT2D eigenvalue weighted by Gasteiger charge is 2.04. The van der Waals surface area contributed by atoms with Gasteiger partial charge in [0, 0.05) is 29.3 Å². The Morgan fingerprint density at radius 1 is 1.07 bits per heavy atom. The molecule has 0 aliphatic rings. The molecule has 4 aromatic rings. The van der Waals surface area contributed by atoms with Crippen LogP contribution in [0, 0.1) is 0 Å². The number of nitrogens with one attached hydrogen (secondary N) is 3. The van der Waals surface area contributed by atoms with Crippen molar-refractivity contribution in [3.8, 4) is 5.75 Å². The Hall–Kier alpha value is -3.61. The molecule has 0 saturated carbocycles. The molecule has 0 fully saturated rings. The molecule has 7 nitrogen and oxygen atoms in total. The fourth-order valence-corrected chi connectivity index (χ4v) is 2.91. The van der Waals surface area contributed by atoms with E-state index in [2.05, 4.69) is 55.2 Å². The zero-order valence-corrected chi connectivity index (χ0v) is 14.9. The molecule has 2 aromatic heterocycles. The molecule has 0 radical (unpaired) electrons. The minimum absolute atomic E-state index is 0.442. The zero-order valence-electron chi connectivity index (χ0n) is 14.9. The molecule has 7 heteroatoms. The predicted molar refractivity (Wildman–Crippen MR) is 107 cm³/mol. The van der Waals surface area contributed by atoms with Crippen molar-refractivity contribution in [3.63, 3.8) is 0 Å². The fraction of sp³-hybridized carbons (Fsp3) is 0.150. The van der Waals surface area contributed by atoms with Gasteiger partial charge in [0.2, 0.25) is 5.95 Å². The average molecular weight is 360 g/mol. The van der Waals surface area contributed by atoms with Crippen LogP contribution in [-0.4, -0.2) is 33.8 Å². The van der Waals surface area contributed by atoms with Gasteiger partial charge in [0.05, 0.1) is 13.3 Å². The molecule has 2 heterocycles. The first-order valence-electron chi connectivity index (χ1n) is 8.71. The number of H-pyrrole nitrogens is 1. The van der Waals surface area contributed by atoms with Crippen LogP contribution in [0.3, 0.4) is 0 Å². The molecule has 136 valence electrons. The first-order valence-corrected chi connectivity index (χ1v) is 8.71. The number of anilines is 3. The van der Waals surface area contributed by atoms with Crippen LogP contribution in [0.2, 0.25) is 0 Å². The number of aromatic nitrogens is 4. The van der Waals surface area contributed by atoms with Crippen molar-refractivity contribution >= 4 is 28.4 Å². The number of fused-ring (bicyclic) bond motifs is 1. The maximum atomic E-state index is 5.16. The van der Waals surface area contributed by atoms with Crippen LogP contribution in [0.1, 0.15) is 5.56 Å². The van der Waals surface area contributed by atoms with Crippen molar-refractivity contribution in [1.29, 1.82) is 0 Å². The maximum Gasteiger partial charge on any atom is 0.249 e. The molecule has 0 saturated heterocycles. The summed E-state index contributed by atoms with van der Waals surface area (Å²) in [5.41, 5.74) is 3.30. The van der Waals surface area contributed by atoms with Crippen molar-refractivity contribution in [1.82, 2.24) is 20.2 Å². The third-order valence-corrected chi connectivity index (χ3v) is 4.28. The molecule has 0 aliphatic heterocycles. The molecule has 3 N–H and O–H groups in total. The summed E-state index contributed by atoms with van der Waals surface area (Å²) in [5, 5.41) is 15.7. The topological polar surface area (TPSA) is 87.8 Å². The highest BCUT2D eigenvalue weighted by molar-refractivity contribution is 5.83. The van der Waals surface area contributed by atoms with Crippen molar-refractivity contribution in [2.45, 2.75) is 6.42 Å². The van der Waals surface area contributed by atoms with Crippen LogP contribution >= 0.6 is 0 Å². The highest BCUT2D eigenvalue weighted by atomic mass is 16.5. The van der Waals surface area contributed by atoms with E-state index in [0.29, 0.717) is 11.8 Å². The highest BCUT2D eigenvalue weighted by Crippen LogP contribution is 2.19. The van der Waals surface area contributed by atoms with E-state index in [1.165, 1.54) is 10.9 Å². The van der Waals surface area contributed by atoms with E-state index in [0.717, 1.165) is 29.9 Å². The Kier molecular flexibility index (Phi) is 4.82. The van der Waals surface area contributed by atoms with Gasteiger partial charge in [-0.05, 0) is 42.3 Å². The van der Waals surface area contributed by atoms with Gasteiger partial charge in [0.1, 0.15) is 5.75 Å². The van der Waals surface area contributed by atoms with Crippen molar-refractivity contribution in [3.05, 3.63) is 66.5 Å². The number of hydrogen-bond acceptors (Lipinski definition) is 6. The molecular formula is C20H20N6O. The van der Waals surface area contributed by atoms with Crippen molar-refractivity contribution < 1.29 is 4.74 Å². The molecule has 0 bridgehead atoms. The van der Waals surface area contributed by atoms with Gasteiger partial charge < -0.3 is 20.4 Å². The third-order valence-electron chi connectivity index (χ3n) is 4.28. The monoisotopic (exact) mass is 360 g/mol. The standard InChI is InChI=1S/C20H20N6O/c1-27-16-8-6-15(7-9-16)24-20-25-19(13-23-26-20)21-11-10-14-12-22-18-5-3-2-4-17(14)18/h2-9,12-13,22H,10-11H2,1H3,(H2,21,24,25,26). The number of rotatable bonds is 7. The summed E-state index contributed by atoms with van der Waals surface area (Å²) in [6.07, 6.45) is 4.56.